The van der Waals surface area contributed by atoms with Crippen LogP contribution in [0.1, 0.15) is 13.3 Å². The lowest BCUT2D eigenvalue weighted by atomic mass is 10.3. The molecule has 2 unspecified atom stereocenters. The summed E-state index contributed by atoms with van der Waals surface area (Å²) < 4.78 is 11.1. The quantitative estimate of drug-likeness (QED) is 0.807. The third kappa shape index (κ3) is 3.87. The average molecular weight is 212 g/mol. The lowest BCUT2D eigenvalue weighted by Gasteiger charge is -2.09. The molecule has 0 aliphatic heterocycles. The average Bonchev–Trinajstić information content (AvgIpc) is 2.19. The van der Waals surface area contributed by atoms with Gasteiger partial charge in [-0.1, -0.05) is 13.0 Å². The van der Waals surface area contributed by atoms with Crippen molar-refractivity contribution in [3.8, 4) is 0 Å². The molecule has 1 rings (SSSR count). The van der Waals surface area contributed by atoms with Gasteiger partial charge < -0.3 is 5.32 Å². The zero-order valence-corrected chi connectivity index (χ0v) is 9.38. The number of aromatic nitrogens is 1. The molecule has 0 aliphatic carbocycles. The van der Waals surface area contributed by atoms with Crippen LogP contribution in [0.15, 0.2) is 24.4 Å². The van der Waals surface area contributed by atoms with Crippen molar-refractivity contribution < 1.29 is 4.21 Å². The number of rotatable bonds is 5. The lowest BCUT2D eigenvalue weighted by molar-refractivity contribution is 0.672. The smallest absolute Gasteiger partial charge is 0.125 e. The summed E-state index contributed by atoms with van der Waals surface area (Å²) in [5, 5.41) is 3.43. The van der Waals surface area contributed by atoms with Gasteiger partial charge >= 0.3 is 0 Å². The first kappa shape index (κ1) is 11.2. The van der Waals surface area contributed by atoms with Crippen LogP contribution in [0.5, 0.6) is 0 Å². The first-order valence-electron chi connectivity index (χ1n) is 4.67. The Morgan fingerprint density at radius 2 is 2.36 bits per heavy atom. The zero-order chi connectivity index (χ0) is 10.4. The van der Waals surface area contributed by atoms with Crippen molar-refractivity contribution in [1.29, 1.82) is 0 Å². The molecule has 0 bridgehead atoms. The molecule has 0 saturated heterocycles. The second-order valence-corrected chi connectivity index (χ2v) is 5.04. The molecule has 0 spiro atoms. The van der Waals surface area contributed by atoms with E-state index in [1.165, 1.54) is 0 Å². The maximum absolute atomic E-state index is 11.1. The van der Waals surface area contributed by atoms with E-state index in [1.54, 1.807) is 12.5 Å². The van der Waals surface area contributed by atoms with E-state index < -0.39 is 10.8 Å². The van der Waals surface area contributed by atoms with E-state index in [-0.39, 0.29) is 5.25 Å². The Hall–Kier alpha value is -0.900. The van der Waals surface area contributed by atoms with E-state index in [4.69, 9.17) is 0 Å². The van der Waals surface area contributed by atoms with Gasteiger partial charge in [0.1, 0.15) is 5.82 Å². The predicted octanol–water partition coefficient (Wildman–Crippen LogP) is 1.65. The summed E-state index contributed by atoms with van der Waals surface area (Å²) in [5.41, 5.74) is 0. The van der Waals surface area contributed by atoms with Crippen LogP contribution in [0, 0.1) is 0 Å². The summed E-state index contributed by atoms with van der Waals surface area (Å²) in [6.07, 6.45) is 4.40. The van der Waals surface area contributed by atoms with E-state index in [2.05, 4.69) is 10.3 Å². The fourth-order valence-electron chi connectivity index (χ4n) is 1.04. The van der Waals surface area contributed by atoms with Gasteiger partial charge in [-0.15, -0.1) is 0 Å². The van der Waals surface area contributed by atoms with Crippen LogP contribution in [0.25, 0.3) is 0 Å². The molecule has 4 heteroatoms. The fraction of sp³-hybridized carbons (Fsp3) is 0.500. The van der Waals surface area contributed by atoms with Crippen LogP contribution in [0.4, 0.5) is 5.82 Å². The summed E-state index contributed by atoms with van der Waals surface area (Å²) in [6, 6.07) is 5.75. The first-order chi connectivity index (χ1) is 6.70. The number of anilines is 1. The highest BCUT2D eigenvalue weighted by atomic mass is 32.2. The Bertz CT molecular complexity index is 289. The summed E-state index contributed by atoms with van der Waals surface area (Å²) >= 11 is 0. The van der Waals surface area contributed by atoms with Gasteiger partial charge in [-0.05, 0) is 18.6 Å². The van der Waals surface area contributed by atoms with Crippen LogP contribution in [0.3, 0.4) is 0 Å². The van der Waals surface area contributed by atoms with Gasteiger partial charge in [0.2, 0.25) is 0 Å². The second-order valence-electron chi connectivity index (χ2n) is 3.24. The van der Waals surface area contributed by atoms with Gasteiger partial charge in [0.25, 0.3) is 0 Å². The van der Waals surface area contributed by atoms with Crippen molar-refractivity contribution in [3.63, 3.8) is 0 Å². The molecule has 0 fully saturated rings. The molecule has 0 radical (unpaired) electrons. The highest BCUT2D eigenvalue weighted by Crippen LogP contribution is 2.02. The standard InChI is InChI=1S/C10H16N2OS/c1-9(14(2)13)6-8-12-10-5-3-4-7-11-10/h3-5,7,9H,6,8H2,1-2H3,(H,11,12). The molecule has 1 aromatic heterocycles. The SMILES string of the molecule is CC(CCNc1ccccn1)S(C)=O. The van der Waals surface area contributed by atoms with Crippen LogP contribution in [0.2, 0.25) is 0 Å². The Morgan fingerprint density at radius 3 is 2.93 bits per heavy atom. The topological polar surface area (TPSA) is 42.0 Å². The minimum Gasteiger partial charge on any atom is -0.370 e. The van der Waals surface area contributed by atoms with Crippen LogP contribution >= 0.6 is 0 Å². The molecule has 0 saturated carbocycles. The van der Waals surface area contributed by atoms with Crippen molar-refractivity contribution in [2.45, 2.75) is 18.6 Å². The number of pyridine rings is 1. The van der Waals surface area contributed by atoms with Crippen molar-refractivity contribution in [2.75, 3.05) is 18.1 Å². The summed E-state index contributed by atoms with van der Waals surface area (Å²) in [7, 11) is -0.729. The van der Waals surface area contributed by atoms with Gasteiger partial charge in [-0.3, -0.25) is 4.21 Å². The summed E-state index contributed by atoms with van der Waals surface area (Å²) in [5.74, 6) is 0.876. The highest BCUT2D eigenvalue weighted by Gasteiger charge is 2.04. The number of hydrogen-bond acceptors (Lipinski definition) is 3. The number of nitrogens with zero attached hydrogens (tertiary/aromatic N) is 1. The fourth-order valence-corrected chi connectivity index (χ4v) is 1.49. The molecule has 1 heterocycles. The molecular formula is C10H16N2OS. The second kappa shape index (κ2) is 5.75. The Balaban J connectivity index is 2.26. The largest absolute Gasteiger partial charge is 0.370 e. The van der Waals surface area contributed by atoms with Crippen LogP contribution in [-0.4, -0.2) is 27.2 Å². The molecule has 0 aromatic carbocycles. The summed E-state index contributed by atoms with van der Waals surface area (Å²) in [6.45, 7) is 2.81. The number of hydrogen-bond donors (Lipinski definition) is 1. The van der Waals surface area contributed by atoms with Gasteiger partial charge in [0.15, 0.2) is 0 Å². The minimum atomic E-state index is -0.729. The van der Waals surface area contributed by atoms with Crippen molar-refractivity contribution >= 4 is 16.6 Å². The third-order valence-electron chi connectivity index (χ3n) is 2.09. The van der Waals surface area contributed by atoms with Crippen LogP contribution in [-0.2, 0) is 10.8 Å². The maximum Gasteiger partial charge on any atom is 0.125 e. The minimum absolute atomic E-state index is 0.242. The van der Waals surface area contributed by atoms with E-state index in [0.717, 1.165) is 18.8 Å². The molecule has 0 aliphatic rings. The molecule has 3 nitrogen and oxygen atoms in total. The first-order valence-corrected chi connectivity index (χ1v) is 6.29. The molecule has 1 aromatic rings. The normalized spacial score (nSPS) is 14.7. The van der Waals surface area contributed by atoms with Crippen molar-refractivity contribution in [1.82, 2.24) is 4.98 Å². The molecule has 1 N–H and O–H groups in total. The Kier molecular flexibility index (Phi) is 4.59. The zero-order valence-electron chi connectivity index (χ0n) is 8.56. The van der Waals surface area contributed by atoms with E-state index >= 15 is 0 Å². The number of nitrogens with one attached hydrogen (secondary N) is 1. The van der Waals surface area contributed by atoms with Gasteiger partial charge in [-0.25, -0.2) is 4.98 Å². The van der Waals surface area contributed by atoms with Crippen molar-refractivity contribution in [3.05, 3.63) is 24.4 Å². The van der Waals surface area contributed by atoms with E-state index in [9.17, 15) is 4.21 Å². The molecule has 78 valence electrons. The van der Waals surface area contributed by atoms with Gasteiger partial charge in [-0.2, -0.15) is 0 Å². The Morgan fingerprint density at radius 1 is 1.57 bits per heavy atom. The molecule has 0 amide bonds. The van der Waals surface area contributed by atoms with Gasteiger partial charge in [0.05, 0.1) is 0 Å². The maximum atomic E-state index is 11.1. The third-order valence-corrected chi connectivity index (χ3v) is 3.46. The highest BCUT2D eigenvalue weighted by molar-refractivity contribution is 7.84. The molecule has 14 heavy (non-hydrogen) atoms. The summed E-state index contributed by atoms with van der Waals surface area (Å²) in [4.78, 5) is 4.13. The predicted molar refractivity (Wildman–Crippen MR) is 60.9 cm³/mol. The molecular weight excluding hydrogens is 196 g/mol. The Labute approximate surface area is 87.4 Å². The molecule has 2 atom stereocenters. The van der Waals surface area contributed by atoms with E-state index in [1.807, 2.05) is 25.1 Å². The van der Waals surface area contributed by atoms with E-state index in [0.29, 0.717) is 0 Å². The van der Waals surface area contributed by atoms with Crippen LogP contribution < -0.4 is 5.32 Å². The van der Waals surface area contributed by atoms with Gasteiger partial charge in [0, 0.05) is 35.0 Å². The monoisotopic (exact) mass is 212 g/mol. The lowest BCUT2D eigenvalue weighted by Crippen LogP contribution is -2.15. The van der Waals surface area contributed by atoms with Crippen molar-refractivity contribution in [2.24, 2.45) is 0 Å².